The van der Waals surface area contributed by atoms with Crippen LogP contribution in [-0.2, 0) is 14.6 Å². The number of hydrogen-bond donors (Lipinski definition) is 1. The van der Waals surface area contributed by atoms with Crippen molar-refractivity contribution in [3.05, 3.63) is 18.2 Å². The number of nitrogens with zero attached hydrogens (tertiary/aromatic N) is 1. The lowest BCUT2D eigenvalue weighted by atomic mass is 10.1. The van der Waals surface area contributed by atoms with E-state index in [2.05, 4.69) is 15.0 Å². The molecule has 1 amide bonds. The van der Waals surface area contributed by atoms with E-state index in [9.17, 15) is 26.4 Å². The van der Waals surface area contributed by atoms with Crippen molar-refractivity contribution in [1.82, 2.24) is 4.98 Å². The average Bonchev–Trinajstić information content (AvgIpc) is 2.98. The third-order valence-corrected chi connectivity index (χ3v) is 6.41. The molecular formula is C14H13F3N2O4S2. The summed E-state index contributed by atoms with van der Waals surface area (Å²) in [6.45, 7) is 0. The van der Waals surface area contributed by atoms with Crippen LogP contribution >= 0.6 is 11.3 Å². The number of sulfone groups is 1. The van der Waals surface area contributed by atoms with E-state index in [1.807, 2.05) is 0 Å². The molecule has 1 atom stereocenters. The fourth-order valence-electron chi connectivity index (χ4n) is 2.62. The van der Waals surface area contributed by atoms with Crippen LogP contribution in [0.2, 0.25) is 0 Å². The highest BCUT2D eigenvalue weighted by Gasteiger charge is 2.31. The molecule has 1 fully saturated rings. The van der Waals surface area contributed by atoms with Crippen molar-refractivity contribution in [1.29, 1.82) is 0 Å². The number of rotatable bonds is 4. The van der Waals surface area contributed by atoms with E-state index in [1.165, 1.54) is 12.1 Å². The molecule has 2 aromatic rings. The fourth-order valence-corrected chi connectivity index (χ4v) is 5.39. The molecule has 3 rings (SSSR count). The van der Waals surface area contributed by atoms with Gasteiger partial charge in [-0.3, -0.25) is 4.79 Å². The zero-order valence-corrected chi connectivity index (χ0v) is 14.3. The number of anilines is 1. The Morgan fingerprint density at radius 3 is 2.80 bits per heavy atom. The number of halogens is 3. The standard InChI is InChI=1S/C14H13F3N2O4S2/c15-14(16,17)23-9-1-2-10-11(6-9)24-13(18-10)19-12(20)5-8-3-4-25(21,22)7-8/h1-2,6,8H,3-5,7H2,(H,18,19,20)/t8-/m1/s1. The van der Waals surface area contributed by atoms with Crippen LogP contribution in [0.5, 0.6) is 5.75 Å². The van der Waals surface area contributed by atoms with E-state index in [1.54, 1.807) is 0 Å². The summed E-state index contributed by atoms with van der Waals surface area (Å²) >= 11 is 1.01. The maximum Gasteiger partial charge on any atom is 0.573 e. The van der Waals surface area contributed by atoms with Gasteiger partial charge in [-0.2, -0.15) is 0 Å². The highest BCUT2D eigenvalue weighted by atomic mass is 32.2. The summed E-state index contributed by atoms with van der Waals surface area (Å²) in [4.78, 5) is 16.1. The Balaban J connectivity index is 1.66. The number of nitrogens with one attached hydrogen (secondary N) is 1. The number of carbonyl (C=O) groups is 1. The Morgan fingerprint density at radius 2 is 2.16 bits per heavy atom. The van der Waals surface area contributed by atoms with E-state index in [0.717, 1.165) is 17.4 Å². The number of aromatic nitrogens is 1. The molecule has 1 aromatic carbocycles. The molecule has 1 N–H and O–H groups in total. The minimum Gasteiger partial charge on any atom is -0.406 e. The predicted molar refractivity (Wildman–Crippen MR) is 86.3 cm³/mol. The van der Waals surface area contributed by atoms with Gasteiger partial charge in [-0.1, -0.05) is 11.3 Å². The van der Waals surface area contributed by atoms with E-state index >= 15 is 0 Å². The van der Waals surface area contributed by atoms with Gasteiger partial charge in [-0.05, 0) is 24.5 Å². The number of fused-ring (bicyclic) bond motifs is 1. The molecule has 0 unspecified atom stereocenters. The normalized spacial score (nSPS) is 19.9. The molecule has 0 bridgehead atoms. The molecule has 0 spiro atoms. The fraction of sp³-hybridized carbons (Fsp3) is 0.429. The molecule has 6 nitrogen and oxygen atoms in total. The Bertz CT molecular complexity index is 908. The first-order chi connectivity index (χ1) is 11.6. The van der Waals surface area contributed by atoms with Crippen molar-refractivity contribution in [2.24, 2.45) is 5.92 Å². The van der Waals surface area contributed by atoms with Crippen LogP contribution in [0.15, 0.2) is 18.2 Å². The lowest BCUT2D eigenvalue weighted by Crippen LogP contribution is -2.17. The maximum atomic E-state index is 12.2. The summed E-state index contributed by atoms with van der Waals surface area (Å²) in [5.41, 5.74) is 0.429. The topological polar surface area (TPSA) is 85.4 Å². The van der Waals surface area contributed by atoms with E-state index < -0.39 is 16.2 Å². The van der Waals surface area contributed by atoms with Gasteiger partial charge in [-0.25, -0.2) is 13.4 Å². The Labute approximate surface area is 144 Å². The molecule has 0 aliphatic carbocycles. The van der Waals surface area contributed by atoms with Crippen LogP contribution in [0.3, 0.4) is 0 Å². The maximum absolute atomic E-state index is 12.2. The molecule has 0 radical (unpaired) electrons. The van der Waals surface area contributed by atoms with Gasteiger partial charge in [0.25, 0.3) is 0 Å². The largest absolute Gasteiger partial charge is 0.573 e. The summed E-state index contributed by atoms with van der Waals surface area (Å²) in [6, 6.07) is 3.70. The van der Waals surface area contributed by atoms with Gasteiger partial charge >= 0.3 is 6.36 Å². The Hall–Kier alpha value is -1.88. The van der Waals surface area contributed by atoms with Gasteiger partial charge in [0.1, 0.15) is 5.75 Å². The van der Waals surface area contributed by atoms with Gasteiger partial charge in [0, 0.05) is 12.5 Å². The van der Waals surface area contributed by atoms with Crippen LogP contribution in [0.4, 0.5) is 18.3 Å². The van der Waals surface area contributed by atoms with E-state index in [0.29, 0.717) is 16.6 Å². The second-order valence-corrected chi connectivity index (χ2v) is 8.98. The molecule has 136 valence electrons. The third kappa shape index (κ3) is 4.82. The van der Waals surface area contributed by atoms with Gasteiger partial charge in [0.2, 0.25) is 5.91 Å². The smallest absolute Gasteiger partial charge is 0.406 e. The highest BCUT2D eigenvalue weighted by Crippen LogP contribution is 2.32. The van der Waals surface area contributed by atoms with Crippen LogP contribution in [0.1, 0.15) is 12.8 Å². The van der Waals surface area contributed by atoms with Gasteiger partial charge in [0.05, 0.1) is 21.7 Å². The molecule has 25 heavy (non-hydrogen) atoms. The van der Waals surface area contributed by atoms with Gasteiger partial charge < -0.3 is 10.1 Å². The number of carbonyl (C=O) groups excluding carboxylic acids is 1. The number of hydrogen-bond acceptors (Lipinski definition) is 6. The SMILES string of the molecule is O=C(C[C@H]1CCS(=O)(=O)C1)Nc1nc2ccc(OC(F)(F)F)cc2s1. The second kappa shape index (κ2) is 6.45. The Morgan fingerprint density at radius 1 is 1.40 bits per heavy atom. The lowest BCUT2D eigenvalue weighted by molar-refractivity contribution is -0.274. The number of alkyl halides is 3. The van der Waals surface area contributed by atoms with Crippen LogP contribution in [0.25, 0.3) is 10.2 Å². The monoisotopic (exact) mass is 394 g/mol. The first kappa shape index (κ1) is 17.9. The minimum absolute atomic E-state index is 0.00158. The van der Waals surface area contributed by atoms with Crippen molar-refractivity contribution in [3.63, 3.8) is 0 Å². The van der Waals surface area contributed by atoms with E-state index in [-0.39, 0.29) is 40.6 Å². The summed E-state index contributed by atoms with van der Waals surface area (Å²) in [7, 11) is -3.05. The average molecular weight is 394 g/mol. The zero-order valence-electron chi connectivity index (χ0n) is 12.7. The number of thiazole rings is 1. The molecule has 0 saturated carbocycles. The molecular weight excluding hydrogens is 381 g/mol. The van der Waals surface area contributed by atoms with Crippen LogP contribution < -0.4 is 10.1 Å². The second-order valence-electron chi connectivity index (χ2n) is 5.72. The van der Waals surface area contributed by atoms with Crippen molar-refractivity contribution in [2.45, 2.75) is 19.2 Å². The van der Waals surface area contributed by atoms with Crippen molar-refractivity contribution in [2.75, 3.05) is 16.8 Å². The molecule has 1 saturated heterocycles. The van der Waals surface area contributed by atoms with Crippen molar-refractivity contribution < 1.29 is 31.1 Å². The summed E-state index contributed by atoms with van der Waals surface area (Å²) in [5.74, 6) is -0.858. The molecule has 11 heteroatoms. The van der Waals surface area contributed by atoms with E-state index in [4.69, 9.17) is 0 Å². The zero-order chi connectivity index (χ0) is 18.2. The highest BCUT2D eigenvalue weighted by molar-refractivity contribution is 7.91. The molecule has 1 aliphatic heterocycles. The number of ether oxygens (including phenoxy) is 1. The number of benzene rings is 1. The molecule has 1 aromatic heterocycles. The third-order valence-electron chi connectivity index (χ3n) is 3.64. The Kier molecular flexibility index (Phi) is 4.62. The minimum atomic E-state index is -4.78. The van der Waals surface area contributed by atoms with Crippen LogP contribution in [0, 0.1) is 5.92 Å². The first-order valence-electron chi connectivity index (χ1n) is 7.26. The lowest BCUT2D eigenvalue weighted by Gasteiger charge is -2.07. The predicted octanol–water partition coefficient (Wildman–Crippen LogP) is 2.96. The quantitative estimate of drug-likeness (QED) is 0.862. The number of amides is 1. The summed E-state index contributed by atoms with van der Waals surface area (Å²) < 4.78 is 63.8. The van der Waals surface area contributed by atoms with Crippen molar-refractivity contribution in [3.8, 4) is 5.75 Å². The van der Waals surface area contributed by atoms with Gasteiger partial charge in [-0.15, -0.1) is 13.2 Å². The van der Waals surface area contributed by atoms with Crippen LogP contribution in [-0.4, -0.2) is 37.2 Å². The molecule has 1 aliphatic rings. The summed E-state index contributed by atoms with van der Waals surface area (Å²) in [5, 5.41) is 2.80. The molecule has 2 heterocycles. The first-order valence-corrected chi connectivity index (χ1v) is 9.90. The summed E-state index contributed by atoms with van der Waals surface area (Å²) in [6.07, 6.45) is -4.26. The van der Waals surface area contributed by atoms with Crippen molar-refractivity contribution >= 4 is 42.4 Å². The van der Waals surface area contributed by atoms with Gasteiger partial charge in [0.15, 0.2) is 15.0 Å².